The Kier molecular flexibility index (Phi) is 6.12. The Balaban J connectivity index is 1.49. The molecule has 0 radical (unpaired) electrons. The maximum atomic E-state index is 12.1. The fraction of sp³-hybridized carbons (Fsp3) is 0.238. The lowest BCUT2D eigenvalue weighted by Gasteiger charge is -2.05. The van der Waals surface area contributed by atoms with E-state index in [1.54, 1.807) is 0 Å². The number of rotatable bonds is 7. The van der Waals surface area contributed by atoms with Crippen LogP contribution in [0, 0.1) is 13.8 Å². The van der Waals surface area contributed by atoms with Crippen LogP contribution in [0.5, 0.6) is 0 Å². The van der Waals surface area contributed by atoms with Crippen LogP contribution in [0.3, 0.4) is 0 Å². The summed E-state index contributed by atoms with van der Waals surface area (Å²) >= 11 is 1.43. The molecule has 0 saturated heterocycles. The van der Waals surface area contributed by atoms with Gasteiger partial charge in [0, 0.05) is 18.7 Å². The molecule has 4 nitrogen and oxygen atoms in total. The molecular weight excluding hydrogens is 342 g/mol. The van der Waals surface area contributed by atoms with Gasteiger partial charge in [-0.2, -0.15) is 0 Å². The zero-order chi connectivity index (χ0) is 18.4. The Hall–Kier alpha value is -2.53. The van der Waals surface area contributed by atoms with Crippen LogP contribution in [0.1, 0.15) is 28.1 Å². The van der Waals surface area contributed by atoms with Crippen LogP contribution in [0.2, 0.25) is 0 Å². The van der Waals surface area contributed by atoms with Gasteiger partial charge in [0.2, 0.25) is 5.91 Å². The summed E-state index contributed by atoms with van der Waals surface area (Å²) in [5, 5.41) is 3.74. The molecule has 5 heteroatoms. The van der Waals surface area contributed by atoms with E-state index in [9.17, 15) is 4.79 Å². The summed E-state index contributed by atoms with van der Waals surface area (Å²) in [7, 11) is 0. The molecule has 0 aliphatic carbocycles. The Morgan fingerprint density at radius 1 is 1.04 bits per heavy atom. The second-order valence-electron chi connectivity index (χ2n) is 6.33. The number of hydrogen-bond acceptors (Lipinski definition) is 3. The highest BCUT2D eigenvalue weighted by atomic mass is 32.2. The van der Waals surface area contributed by atoms with E-state index in [4.69, 9.17) is 0 Å². The van der Waals surface area contributed by atoms with Crippen LogP contribution in [-0.2, 0) is 17.8 Å². The molecule has 134 valence electrons. The fourth-order valence-electron chi connectivity index (χ4n) is 2.59. The molecular formula is C21H23N3OS. The molecule has 0 fully saturated rings. The summed E-state index contributed by atoms with van der Waals surface area (Å²) in [5.74, 6) is 0.359. The third-order valence-corrected chi connectivity index (χ3v) is 5.00. The van der Waals surface area contributed by atoms with Gasteiger partial charge in [0.1, 0.15) is 0 Å². The zero-order valence-corrected chi connectivity index (χ0v) is 15.9. The van der Waals surface area contributed by atoms with Crippen LogP contribution in [-0.4, -0.2) is 21.6 Å². The third-order valence-electron chi connectivity index (χ3n) is 4.13. The molecule has 0 spiro atoms. The van der Waals surface area contributed by atoms with E-state index in [0.29, 0.717) is 12.3 Å². The standard InChI is InChI=1S/C21H23N3OS/c1-15-8-10-18(11-9-15)13-22-20(25)14-26-21-23-16(2)19(24-21)12-17-6-4-3-5-7-17/h3-11H,12-14H2,1-2H3,(H,22,25)(H,23,24). The highest BCUT2D eigenvalue weighted by Crippen LogP contribution is 2.18. The number of thioether (sulfide) groups is 1. The lowest BCUT2D eigenvalue weighted by molar-refractivity contribution is -0.118. The van der Waals surface area contributed by atoms with E-state index < -0.39 is 0 Å². The zero-order valence-electron chi connectivity index (χ0n) is 15.1. The molecule has 0 aliphatic rings. The third kappa shape index (κ3) is 5.23. The molecule has 1 heterocycles. The Labute approximate surface area is 158 Å². The van der Waals surface area contributed by atoms with Gasteiger partial charge in [-0.05, 0) is 25.0 Å². The molecule has 1 aromatic heterocycles. The van der Waals surface area contributed by atoms with Crippen molar-refractivity contribution in [3.63, 3.8) is 0 Å². The van der Waals surface area contributed by atoms with E-state index >= 15 is 0 Å². The summed E-state index contributed by atoms with van der Waals surface area (Å²) in [6.45, 7) is 4.62. The number of carbonyl (C=O) groups excluding carboxylic acids is 1. The number of benzene rings is 2. The normalized spacial score (nSPS) is 10.7. The quantitative estimate of drug-likeness (QED) is 0.622. The van der Waals surface area contributed by atoms with Gasteiger partial charge in [0.05, 0.1) is 11.4 Å². The topological polar surface area (TPSA) is 57.8 Å². The molecule has 0 bridgehead atoms. The van der Waals surface area contributed by atoms with Gasteiger partial charge in [-0.3, -0.25) is 4.79 Å². The molecule has 3 rings (SSSR count). The highest BCUT2D eigenvalue weighted by molar-refractivity contribution is 7.99. The lowest BCUT2D eigenvalue weighted by Crippen LogP contribution is -2.24. The Bertz CT molecular complexity index is 857. The molecule has 2 N–H and O–H groups in total. The highest BCUT2D eigenvalue weighted by Gasteiger charge is 2.10. The SMILES string of the molecule is Cc1ccc(CNC(=O)CSc2nc(Cc3ccccc3)c(C)[nH]2)cc1. The van der Waals surface area contributed by atoms with E-state index in [-0.39, 0.29) is 5.91 Å². The first-order valence-electron chi connectivity index (χ1n) is 8.64. The predicted octanol–water partition coefficient (Wildman–Crippen LogP) is 4.03. The summed E-state index contributed by atoms with van der Waals surface area (Å²) in [4.78, 5) is 20.0. The number of aromatic nitrogens is 2. The van der Waals surface area contributed by atoms with Crippen LogP contribution in [0.4, 0.5) is 0 Å². The minimum Gasteiger partial charge on any atom is -0.351 e. The van der Waals surface area contributed by atoms with Crippen molar-refractivity contribution in [1.82, 2.24) is 15.3 Å². The second kappa shape index (κ2) is 8.72. The Morgan fingerprint density at radius 2 is 1.77 bits per heavy atom. The maximum absolute atomic E-state index is 12.1. The lowest BCUT2D eigenvalue weighted by atomic mass is 10.1. The number of amides is 1. The average Bonchev–Trinajstić information content (AvgIpc) is 3.00. The van der Waals surface area contributed by atoms with Crippen molar-refractivity contribution in [2.75, 3.05) is 5.75 Å². The number of H-pyrrole nitrogens is 1. The van der Waals surface area contributed by atoms with Crippen LogP contribution in [0.15, 0.2) is 59.8 Å². The van der Waals surface area contributed by atoms with E-state index in [2.05, 4.69) is 46.5 Å². The van der Waals surface area contributed by atoms with Crippen molar-refractivity contribution in [3.8, 4) is 0 Å². The number of aromatic amines is 1. The number of hydrogen-bond donors (Lipinski definition) is 2. The van der Waals surface area contributed by atoms with Crippen LogP contribution < -0.4 is 5.32 Å². The van der Waals surface area contributed by atoms with E-state index in [1.807, 2.05) is 37.3 Å². The van der Waals surface area contributed by atoms with Gasteiger partial charge in [0.25, 0.3) is 0 Å². The van der Waals surface area contributed by atoms with Gasteiger partial charge in [-0.15, -0.1) is 0 Å². The molecule has 3 aromatic rings. The van der Waals surface area contributed by atoms with E-state index in [1.165, 1.54) is 22.9 Å². The van der Waals surface area contributed by atoms with Crippen molar-refractivity contribution >= 4 is 17.7 Å². The van der Waals surface area contributed by atoms with E-state index in [0.717, 1.165) is 28.5 Å². The number of nitrogens with zero attached hydrogens (tertiary/aromatic N) is 1. The smallest absolute Gasteiger partial charge is 0.230 e. The fourth-order valence-corrected chi connectivity index (χ4v) is 3.36. The molecule has 1 amide bonds. The van der Waals surface area contributed by atoms with Crippen molar-refractivity contribution < 1.29 is 4.79 Å². The van der Waals surface area contributed by atoms with Crippen molar-refractivity contribution in [2.45, 2.75) is 32.0 Å². The van der Waals surface area contributed by atoms with Gasteiger partial charge >= 0.3 is 0 Å². The van der Waals surface area contributed by atoms with Crippen molar-refractivity contribution in [3.05, 3.63) is 82.7 Å². The minimum atomic E-state index is 0.00855. The summed E-state index contributed by atoms with van der Waals surface area (Å²) in [5.41, 5.74) is 5.63. The second-order valence-corrected chi connectivity index (χ2v) is 7.29. The molecule has 0 aliphatic heterocycles. The van der Waals surface area contributed by atoms with Crippen molar-refractivity contribution in [1.29, 1.82) is 0 Å². The monoisotopic (exact) mass is 365 g/mol. The van der Waals surface area contributed by atoms with Crippen LogP contribution in [0.25, 0.3) is 0 Å². The summed E-state index contributed by atoms with van der Waals surface area (Å²) in [6.07, 6.45) is 0.795. The molecule has 26 heavy (non-hydrogen) atoms. The maximum Gasteiger partial charge on any atom is 0.230 e. The number of carbonyl (C=O) groups is 1. The molecule has 2 aromatic carbocycles. The minimum absolute atomic E-state index is 0.00855. The Morgan fingerprint density at radius 3 is 2.50 bits per heavy atom. The van der Waals surface area contributed by atoms with Gasteiger partial charge in [-0.1, -0.05) is 71.9 Å². The first-order chi connectivity index (χ1) is 12.6. The largest absolute Gasteiger partial charge is 0.351 e. The molecule has 0 atom stereocenters. The van der Waals surface area contributed by atoms with Gasteiger partial charge in [0.15, 0.2) is 5.16 Å². The van der Waals surface area contributed by atoms with Gasteiger partial charge in [-0.25, -0.2) is 4.98 Å². The number of nitrogens with one attached hydrogen (secondary N) is 2. The summed E-state index contributed by atoms with van der Waals surface area (Å²) in [6, 6.07) is 18.4. The average molecular weight is 366 g/mol. The van der Waals surface area contributed by atoms with Gasteiger partial charge < -0.3 is 10.3 Å². The summed E-state index contributed by atoms with van der Waals surface area (Å²) < 4.78 is 0. The number of imidazole rings is 1. The molecule has 0 saturated carbocycles. The first kappa shape index (κ1) is 18.3. The van der Waals surface area contributed by atoms with Crippen LogP contribution >= 0.6 is 11.8 Å². The molecule has 0 unspecified atom stereocenters. The first-order valence-corrected chi connectivity index (χ1v) is 9.63. The predicted molar refractivity (Wildman–Crippen MR) is 106 cm³/mol. The number of aryl methyl sites for hydroxylation is 2. The van der Waals surface area contributed by atoms with Crippen molar-refractivity contribution in [2.24, 2.45) is 0 Å².